The second-order valence-corrected chi connectivity index (χ2v) is 7.79. The molecule has 0 aromatic heterocycles. The Labute approximate surface area is 132 Å². The molecule has 0 heterocycles. The van der Waals surface area contributed by atoms with Crippen LogP contribution < -0.4 is 5.32 Å². The zero-order chi connectivity index (χ0) is 15.1. The van der Waals surface area contributed by atoms with Crippen LogP contribution in [0, 0.1) is 6.92 Å². The summed E-state index contributed by atoms with van der Waals surface area (Å²) < 4.78 is 13.1. The molecule has 0 aliphatic heterocycles. The summed E-state index contributed by atoms with van der Waals surface area (Å²) in [5.41, 5.74) is 1.16. The Morgan fingerprint density at radius 3 is 2.57 bits per heavy atom. The van der Waals surface area contributed by atoms with E-state index >= 15 is 0 Å². The molecule has 3 atom stereocenters. The molecule has 0 bridgehead atoms. The summed E-state index contributed by atoms with van der Waals surface area (Å²) in [4.78, 5) is 1.03. The zero-order valence-electron chi connectivity index (χ0n) is 13.4. The van der Waals surface area contributed by atoms with Crippen LogP contribution in [0.2, 0.25) is 0 Å². The number of hydrogen-bond donors (Lipinski definition) is 1. The monoisotopic (exact) mass is 307 g/mol. The van der Waals surface area contributed by atoms with Gasteiger partial charge in [0.25, 0.3) is 0 Å². The minimum absolute atomic E-state index is 0.262. The van der Waals surface area contributed by atoms with Crippen molar-refractivity contribution in [1.29, 1.82) is 0 Å². The van der Waals surface area contributed by atoms with Crippen molar-refractivity contribution in [2.24, 2.45) is 0 Å². The van der Waals surface area contributed by atoms with E-state index in [2.05, 4.69) is 25.2 Å². The van der Waals surface area contributed by atoms with Crippen LogP contribution in [-0.4, -0.2) is 22.0 Å². The summed E-state index contributed by atoms with van der Waals surface area (Å²) in [6.07, 6.45) is 8.50. The van der Waals surface area contributed by atoms with Crippen molar-refractivity contribution in [2.75, 3.05) is 6.54 Å². The van der Waals surface area contributed by atoms with Crippen LogP contribution in [0.1, 0.15) is 57.4 Å². The zero-order valence-corrected chi connectivity index (χ0v) is 14.3. The number of nitrogens with one attached hydrogen (secondary N) is 1. The van der Waals surface area contributed by atoms with Gasteiger partial charge in [-0.15, -0.1) is 0 Å². The first-order chi connectivity index (χ1) is 10.2. The first kappa shape index (κ1) is 16.7. The van der Waals surface area contributed by atoms with E-state index in [1.165, 1.54) is 32.1 Å². The van der Waals surface area contributed by atoms with Crippen molar-refractivity contribution >= 4 is 10.8 Å². The average molecular weight is 308 g/mol. The lowest BCUT2D eigenvalue weighted by Gasteiger charge is -2.30. The number of aryl methyl sites for hydroxylation is 1. The Kier molecular flexibility index (Phi) is 6.91. The van der Waals surface area contributed by atoms with E-state index in [0.29, 0.717) is 6.04 Å². The average Bonchev–Trinajstić information content (AvgIpc) is 2.46. The third kappa shape index (κ3) is 4.65. The quantitative estimate of drug-likeness (QED) is 0.883. The Morgan fingerprint density at radius 1 is 1.14 bits per heavy atom. The molecular formula is C18H29NOS. The number of benzene rings is 1. The molecule has 1 N–H and O–H groups in total. The van der Waals surface area contributed by atoms with Gasteiger partial charge in [-0.3, -0.25) is 4.21 Å². The third-order valence-corrected chi connectivity index (χ3v) is 6.45. The van der Waals surface area contributed by atoms with E-state index in [4.69, 9.17) is 0 Å². The van der Waals surface area contributed by atoms with Crippen LogP contribution in [0.4, 0.5) is 0 Å². The topological polar surface area (TPSA) is 29.1 Å². The van der Waals surface area contributed by atoms with Gasteiger partial charge in [0, 0.05) is 10.9 Å². The lowest BCUT2D eigenvalue weighted by atomic mass is 9.96. The van der Waals surface area contributed by atoms with E-state index in [1.54, 1.807) is 0 Å². The van der Waals surface area contributed by atoms with E-state index in [9.17, 15) is 4.21 Å². The molecule has 1 fully saturated rings. The van der Waals surface area contributed by atoms with Crippen LogP contribution in [0.5, 0.6) is 0 Å². The highest BCUT2D eigenvalue weighted by Gasteiger charge is 2.28. The molecule has 0 amide bonds. The molecule has 0 saturated heterocycles. The predicted octanol–water partition coefficient (Wildman–Crippen LogP) is 4.19. The molecule has 3 heteroatoms. The molecule has 1 saturated carbocycles. The lowest BCUT2D eigenvalue weighted by Crippen LogP contribution is -2.43. The van der Waals surface area contributed by atoms with Crippen molar-refractivity contribution in [2.45, 2.75) is 75.0 Å². The van der Waals surface area contributed by atoms with Gasteiger partial charge in [0.2, 0.25) is 0 Å². The minimum atomic E-state index is -0.896. The van der Waals surface area contributed by atoms with Crippen LogP contribution in [0.15, 0.2) is 29.2 Å². The van der Waals surface area contributed by atoms with Crippen LogP contribution in [-0.2, 0) is 10.8 Å². The fraction of sp³-hybridized carbons (Fsp3) is 0.667. The molecule has 2 rings (SSSR count). The Bertz CT molecular complexity index is 458. The van der Waals surface area contributed by atoms with E-state index in [0.717, 1.165) is 29.8 Å². The molecule has 1 aromatic rings. The molecule has 2 nitrogen and oxygen atoms in total. The molecular weight excluding hydrogens is 278 g/mol. The minimum Gasteiger partial charge on any atom is -0.313 e. The van der Waals surface area contributed by atoms with Crippen molar-refractivity contribution in [3.05, 3.63) is 29.8 Å². The summed E-state index contributed by atoms with van der Waals surface area (Å²) in [5, 5.41) is 3.93. The predicted molar refractivity (Wildman–Crippen MR) is 91.2 cm³/mol. The lowest BCUT2D eigenvalue weighted by molar-refractivity contribution is 0.395. The maximum Gasteiger partial charge on any atom is 0.0579 e. The number of hydrogen-bond acceptors (Lipinski definition) is 2. The van der Waals surface area contributed by atoms with Crippen molar-refractivity contribution < 1.29 is 4.21 Å². The van der Waals surface area contributed by atoms with Gasteiger partial charge in [-0.05, 0) is 44.4 Å². The van der Waals surface area contributed by atoms with Crippen LogP contribution in [0.25, 0.3) is 0 Å². The number of rotatable bonds is 5. The largest absolute Gasteiger partial charge is 0.313 e. The maximum atomic E-state index is 13.1. The maximum absolute atomic E-state index is 13.1. The summed E-state index contributed by atoms with van der Waals surface area (Å²) in [6.45, 7) is 5.31. The molecule has 1 aliphatic carbocycles. The van der Waals surface area contributed by atoms with E-state index in [-0.39, 0.29) is 5.25 Å². The van der Waals surface area contributed by atoms with Crippen molar-refractivity contribution in [1.82, 2.24) is 5.32 Å². The van der Waals surface area contributed by atoms with Gasteiger partial charge in [0.05, 0.1) is 16.0 Å². The highest BCUT2D eigenvalue weighted by molar-refractivity contribution is 7.85. The SMILES string of the molecule is CCCNC1CCCCCCC1S(=O)c1ccccc1C. The van der Waals surface area contributed by atoms with Gasteiger partial charge in [-0.1, -0.05) is 50.8 Å². The van der Waals surface area contributed by atoms with Gasteiger partial charge in [0.15, 0.2) is 0 Å². The smallest absolute Gasteiger partial charge is 0.0579 e. The molecule has 3 unspecified atom stereocenters. The molecule has 118 valence electrons. The Hall–Kier alpha value is -0.670. The summed E-state index contributed by atoms with van der Waals surface area (Å²) in [7, 11) is -0.896. The van der Waals surface area contributed by atoms with Gasteiger partial charge in [-0.25, -0.2) is 0 Å². The summed E-state index contributed by atoms with van der Waals surface area (Å²) in [5.74, 6) is 0. The first-order valence-corrected chi connectivity index (χ1v) is 9.65. The normalized spacial score (nSPS) is 25.0. The summed E-state index contributed by atoms with van der Waals surface area (Å²) >= 11 is 0. The summed E-state index contributed by atoms with van der Waals surface area (Å²) in [6, 6.07) is 8.57. The standard InChI is InChI=1S/C18H29NOS/c1-3-14-19-16-11-6-4-5-7-13-18(16)21(20)17-12-9-8-10-15(17)2/h8-10,12,16,18-19H,3-7,11,13-14H2,1-2H3. The van der Waals surface area contributed by atoms with Gasteiger partial charge in [0.1, 0.15) is 0 Å². The fourth-order valence-electron chi connectivity index (χ4n) is 3.22. The van der Waals surface area contributed by atoms with Crippen molar-refractivity contribution in [3.63, 3.8) is 0 Å². The molecule has 0 radical (unpaired) electrons. The highest BCUT2D eigenvalue weighted by atomic mass is 32.2. The first-order valence-electron chi connectivity index (χ1n) is 8.43. The van der Waals surface area contributed by atoms with E-state index < -0.39 is 10.8 Å². The van der Waals surface area contributed by atoms with Gasteiger partial charge in [-0.2, -0.15) is 0 Å². The Balaban J connectivity index is 2.17. The van der Waals surface area contributed by atoms with Crippen LogP contribution in [0.3, 0.4) is 0 Å². The molecule has 0 spiro atoms. The van der Waals surface area contributed by atoms with Gasteiger partial charge < -0.3 is 5.32 Å². The molecule has 21 heavy (non-hydrogen) atoms. The van der Waals surface area contributed by atoms with Gasteiger partial charge >= 0.3 is 0 Å². The second-order valence-electron chi connectivity index (χ2n) is 6.15. The van der Waals surface area contributed by atoms with E-state index in [1.807, 2.05) is 18.2 Å². The molecule has 1 aromatic carbocycles. The Morgan fingerprint density at radius 2 is 1.86 bits per heavy atom. The highest BCUT2D eigenvalue weighted by Crippen LogP contribution is 2.26. The second kappa shape index (κ2) is 8.70. The molecule has 1 aliphatic rings. The fourth-order valence-corrected chi connectivity index (χ4v) is 5.05. The third-order valence-electron chi connectivity index (χ3n) is 4.44. The van der Waals surface area contributed by atoms with Crippen LogP contribution >= 0.6 is 0 Å². The van der Waals surface area contributed by atoms with Crippen molar-refractivity contribution in [3.8, 4) is 0 Å².